The summed E-state index contributed by atoms with van der Waals surface area (Å²) in [6.07, 6.45) is 7.62. The fourth-order valence-electron chi connectivity index (χ4n) is 4.99. The van der Waals surface area contributed by atoms with Crippen LogP contribution in [0, 0.1) is 23.7 Å². The summed E-state index contributed by atoms with van der Waals surface area (Å²) in [4.78, 5) is 25.9. The number of amides is 2. The second-order valence-electron chi connectivity index (χ2n) is 8.52. The summed E-state index contributed by atoms with van der Waals surface area (Å²) in [5.74, 6) is 0.391. The third-order valence-corrected chi connectivity index (χ3v) is 7.45. The highest BCUT2D eigenvalue weighted by Crippen LogP contribution is 2.49. The van der Waals surface area contributed by atoms with E-state index >= 15 is 0 Å². The highest BCUT2D eigenvalue weighted by Gasteiger charge is 2.56. The Labute approximate surface area is 205 Å². The third-order valence-electron chi connectivity index (χ3n) is 6.61. The van der Waals surface area contributed by atoms with Crippen molar-refractivity contribution in [1.82, 2.24) is 5.01 Å². The summed E-state index contributed by atoms with van der Waals surface area (Å²) in [7, 11) is 1.55. The number of methoxy groups -OCH3 is 1. The standard InChI is InChI=1S/C25H22BrClN2O4/c1-32-20-11-15(10-19(26)23(20)33-13-14-2-8-18(27)9-3-14)12-28-29-24(30)21-16-4-5-17(7-6-16)22(21)25(29)31/h2-5,8-12,16-17,21-22H,6-7,13H2,1H3/b28-12-/t16-,17-,21-,22+/m1/s1. The Kier molecular flexibility index (Phi) is 6.01. The maximum absolute atomic E-state index is 12.9. The molecule has 0 unspecified atom stereocenters. The first-order valence-corrected chi connectivity index (χ1v) is 12.0. The van der Waals surface area contributed by atoms with Crippen LogP contribution >= 0.6 is 27.5 Å². The molecule has 1 saturated heterocycles. The molecule has 6 nitrogen and oxygen atoms in total. The molecule has 1 aliphatic heterocycles. The maximum Gasteiger partial charge on any atom is 0.254 e. The van der Waals surface area contributed by atoms with Crippen LogP contribution in [0.3, 0.4) is 0 Å². The number of hydrazone groups is 1. The van der Waals surface area contributed by atoms with Crippen LogP contribution in [0.25, 0.3) is 0 Å². The fraction of sp³-hybridized carbons (Fsp3) is 0.320. The third kappa shape index (κ3) is 4.08. The summed E-state index contributed by atoms with van der Waals surface area (Å²) in [5, 5.41) is 6.00. The molecule has 33 heavy (non-hydrogen) atoms. The number of imide groups is 1. The minimum Gasteiger partial charge on any atom is -0.493 e. The van der Waals surface area contributed by atoms with Gasteiger partial charge in [0.1, 0.15) is 6.61 Å². The average Bonchev–Trinajstić information content (AvgIpc) is 3.10. The summed E-state index contributed by atoms with van der Waals surface area (Å²) < 4.78 is 12.1. The zero-order valence-electron chi connectivity index (χ0n) is 17.9. The Bertz CT molecular complexity index is 1130. The lowest BCUT2D eigenvalue weighted by Crippen LogP contribution is -2.38. The average molecular weight is 530 g/mol. The van der Waals surface area contributed by atoms with Crippen molar-refractivity contribution in [2.24, 2.45) is 28.8 Å². The second-order valence-corrected chi connectivity index (χ2v) is 9.81. The van der Waals surface area contributed by atoms with Gasteiger partial charge in [0, 0.05) is 5.02 Å². The maximum atomic E-state index is 12.9. The van der Waals surface area contributed by atoms with Crippen LogP contribution in [0.4, 0.5) is 0 Å². The lowest BCUT2D eigenvalue weighted by atomic mass is 9.63. The van der Waals surface area contributed by atoms with Gasteiger partial charge in [0.25, 0.3) is 11.8 Å². The van der Waals surface area contributed by atoms with E-state index in [2.05, 4.69) is 33.2 Å². The van der Waals surface area contributed by atoms with E-state index in [1.54, 1.807) is 13.2 Å². The quantitative estimate of drug-likeness (QED) is 0.292. The van der Waals surface area contributed by atoms with Crippen molar-refractivity contribution < 1.29 is 19.1 Å². The largest absolute Gasteiger partial charge is 0.493 e. The predicted molar refractivity (Wildman–Crippen MR) is 128 cm³/mol. The summed E-state index contributed by atoms with van der Waals surface area (Å²) in [6.45, 7) is 0.343. The summed E-state index contributed by atoms with van der Waals surface area (Å²) >= 11 is 9.47. The molecule has 1 heterocycles. The van der Waals surface area contributed by atoms with E-state index in [1.807, 2.05) is 30.3 Å². The first-order chi connectivity index (χ1) is 16.0. The van der Waals surface area contributed by atoms with Crippen molar-refractivity contribution in [2.75, 3.05) is 7.11 Å². The molecule has 2 fully saturated rings. The number of benzene rings is 2. The first kappa shape index (κ1) is 22.2. The number of hydrogen-bond acceptors (Lipinski definition) is 5. The first-order valence-electron chi connectivity index (χ1n) is 10.8. The molecule has 0 spiro atoms. The van der Waals surface area contributed by atoms with Crippen LogP contribution in [0.5, 0.6) is 11.5 Å². The second kappa shape index (κ2) is 8.95. The zero-order valence-corrected chi connectivity index (χ0v) is 20.3. The van der Waals surface area contributed by atoms with Gasteiger partial charge in [0.2, 0.25) is 0 Å². The van der Waals surface area contributed by atoms with Crippen LogP contribution in [-0.2, 0) is 16.2 Å². The number of nitrogens with zero attached hydrogens (tertiary/aromatic N) is 2. The Morgan fingerprint density at radius 1 is 1.09 bits per heavy atom. The molecule has 2 amide bonds. The molecule has 0 N–H and O–H groups in total. The van der Waals surface area contributed by atoms with E-state index in [1.165, 1.54) is 6.21 Å². The fourth-order valence-corrected chi connectivity index (χ4v) is 5.69. The Morgan fingerprint density at radius 3 is 2.30 bits per heavy atom. The van der Waals surface area contributed by atoms with Gasteiger partial charge in [0.15, 0.2) is 11.5 Å². The van der Waals surface area contributed by atoms with Gasteiger partial charge < -0.3 is 9.47 Å². The van der Waals surface area contributed by atoms with Crippen LogP contribution in [0.15, 0.2) is 58.1 Å². The SMILES string of the molecule is COc1cc(/C=N\N2C(=O)[C@@H]3[C@H](C2=O)[C@@H]2C=C[C@@H]3CC2)cc(Br)c1OCc1ccc(Cl)cc1. The summed E-state index contributed by atoms with van der Waals surface area (Å²) in [6, 6.07) is 11.0. The van der Waals surface area contributed by atoms with Gasteiger partial charge >= 0.3 is 0 Å². The topological polar surface area (TPSA) is 68.2 Å². The Balaban J connectivity index is 1.34. The number of carbonyl (C=O) groups excluding carboxylic acids is 2. The Hall–Kier alpha value is -2.64. The molecule has 170 valence electrons. The van der Waals surface area contributed by atoms with E-state index in [-0.39, 0.29) is 35.5 Å². The van der Waals surface area contributed by atoms with Crippen LogP contribution < -0.4 is 9.47 Å². The van der Waals surface area contributed by atoms with Crippen LogP contribution in [0.2, 0.25) is 5.02 Å². The van der Waals surface area contributed by atoms with E-state index in [0.717, 1.165) is 23.4 Å². The molecule has 0 radical (unpaired) electrons. The van der Waals surface area contributed by atoms with Gasteiger partial charge in [-0.15, -0.1) is 0 Å². The van der Waals surface area contributed by atoms with Gasteiger partial charge in [-0.1, -0.05) is 35.9 Å². The molecule has 4 atom stereocenters. The molecule has 8 heteroatoms. The van der Waals surface area contributed by atoms with E-state index < -0.39 is 0 Å². The van der Waals surface area contributed by atoms with Crippen molar-refractivity contribution >= 4 is 45.6 Å². The van der Waals surface area contributed by atoms with Crippen molar-refractivity contribution in [3.05, 3.63) is 69.2 Å². The molecule has 2 aromatic carbocycles. The highest BCUT2D eigenvalue weighted by molar-refractivity contribution is 9.10. The number of allylic oxidation sites excluding steroid dienone is 2. The minimum atomic E-state index is -0.275. The zero-order chi connectivity index (χ0) is 23.1. The molecule has 1 saturated carbocycles. The normalized spacial score (nSPS) is 25.7. The molecule has 0 aromatic heterocycles. The smallest absolute Gasteiger partial charge is 0.254 e. The van der Waals surface area contributed by atoms with Crippen molar-refractivity contribution in [2.45, 2.75) is 19.4 Å². The van der Waals surface area contributed by atoms with E-state index in [4.69, 9.17) is 21.1 Å². The number of halogens is 2. The van der Waals surface area contributed by atoms with Gasteiger partial charge in [-0.3, -0.25) is 9.59 Å². The van der Waals surface area contributed by atoms with Crippen molar-refractivity contribution in [1.29, 1.82) is 0 Å². The van der Waals surface area contributed by atoms with Crippen molar-refractivity contribution in [3.8, 4) is 11.5 Å². The minimum absolute atomic E-state index is 0.142. The molecular formula is C25H22BrClN2O4. The number of ether oxygens (including phenoxy) is 2. The highest BCUT2D eigenvalue weighted by atomic mass is 79.9. The van der Waals surface area contributed by atoms with Crippen molar-refractivity contribution in [3.63, 3.8) is 0 Å². The molecule has 2 bridgehead atoms. The molecule has 3 aliphatic carbocycles. The Morgan fingerprint density at radius 2 is 1.73 bits per heavy atom. The lowest BCUT2D eigenvalue weighted by molar-refractivity contribution is -0.140. The summed E-state index contributed by atoms with van der Waals surface area (Å²) in [5.41, 5.74) is 1.64. The van der Waals surface area contributed by atoms with E-state index in [9.17, 15) is 9.59 Å². The number of carbonyl (C=O) groups is 2. The lowest BCUT2D eigenvalue weighted by Gasteiger charge is -2.37. The molecule has 4 aliphatic rings. The van der Waals surface area contributed by atoms with Gasteiger partial charge in [-0.25, -0.2) is 0 Å². The molecular weight excluding hydrogens is 508 g/mol. The number of fused-ring (bicyclic) bond motifs is 1. The number of hydrogen-bond donors (Lipinski definition) is 0. The predicted octanol–water partition coefficient (Wildman–Crippen LogP) is 5.22. The van der Waals surface area contributed by atoms with Gasteiger partial charge in [-0.2, -0.15) is 10.1 Å². The molecule has 6 rings (SSSR count). The van der Waals surface area contributed by atoms with Gasteiger partial charge in [-0.05, 0) is 76.0 Å². The van der Waals surface area contributed by atoms with E-state index in [0.29, 0.717) is 33.2 Å². The van der Waals surface area contributed by atoms with Crippen LogP contribution in [-0.4, -0.2) is 30.1 Å². The monoisotopic (exact) mass is 528 g/mol. The number of rotatable bonds is 6. The van der Waals surface area contributed by atoms with Crippen LogP contribution in [0.1, 0.15) is 24.0 Å². The molecule has 2 aromatic rings. The van der Waals surface area contributed by atoms with Gasteiger partial charge in [0.05, 0.1) is 29.6 Å².